The lowest BCUT2D eigenvalue weighted by Crippen LogP contribution is -2.35. The maximum Gasteiger partial charge on any atom is 0.407 e. The molecule has 0 N–H and O–H groups in total. The summed E-state index contributed by atoms with van der Waals surface area (Å²) in [4.78, 5) is 0. The van der Waals surface area contributed by atoms with Gasteiger partial charge in [-0.3, -0.25) is 4.40 Å². The molecule has 2 heterocycles. The topological polar surface area (TPSA) is 54.0 Å². The fraction of sp³-hybridized carbons (Fsp3) is 0.300. The molecule has 2 aromatic heterocycles. The van der Waals surface area contributed by atoms with Crippen molar-refractivity contribution < 1.29 is 26.3 Å². The van der Waals surface area contributed by atoms with E-state index in [1.54, 1.807) is 6.07 Å². The third-order valence-corrected chi connectivity index (χ3v) is 2.47. The first-order chi connectivity index (χ1) is 9.14. The molecule has 0 aliphatic carbocycles. The zero-order chi connectivity index (χ0) is 15.1. The Balaban J connectivity index is 2.69. The van der Waals surface area contributed by atoms with E-state index in [-0.39, 0.29) is 11.2 Å². The summed E-state index contributed by atoms with van der Waals surface area (Å²) in [5.74, 6) is -5.09. The van der Waals surface area contributed by atoms with Crippen LogP contribution in [-0.4, -0.2) is 27.0 Å². The van der Waals surface area contributed by atoms with Gasteiger partial charge in [0.15, 0.2) is 11.5 Å². The van der Waals surface area contributed by atoms with Crippen molar-refractivity contribution in [1.82, 2.24) is 14.6 Å². The number of hydrogen-bond donors (Lipinski definition) is 0. The highest BCUT2D eigenvalue weighted by molar-refractivity contribution is 5.43. The van der Waals surface area contributed by atoms with Crippen LogP contribution in [0.1, 0.15) is 17.3 Å². The Hall–Kier alpha value is -2.31. The van der Waals surface area contributed by atoms with Crippen LogP contribution in [0.3, 0.4) is 0 Å². The molecule has 4 nitrogen and oxygen atoms in total. The average molecular weight is 294 g/mol. The summed E-state index contributed by atoms with van der Waals surface area (Å²) in [5, 5.41) is 14.8. The summed E-state index contributed by atoms with van der Waals surface area (Å²) < 4.78 is 76.3. The van der Waals surface area contributed by atoms with Gasteiger partial charge >= 0.3 is 12.4 Å². The second-order valence-electron chi connectivity index (χ2n) is 3.83. The fourth-order valence-corrected chi connectivity index (χ4v) is 1.65. The molecule has 0 unspecified atom stereocenters. The van der Waals surface area contributed by atoms with E-state index in [9.17, 15) is 26.3 Å². The lowest BCUT2D eigenvalue weighted by molar-refractivity contribution is -0.255. The normalized spacial score (nSPS) is 12.9. The molecule has 0 atom stereocenters. The largest absolute Gasteiger partial charge is 0.407 e. The van der Waals surface area contributed by atoms with Gasteiger partial charge in [0.05, 0.1) is 5.56 Å². The van der Waals surface area contributed by atoms with Gasteiger partial charge in [-0.2, -0.15) is 31.6 Å². The van der Waals surface area contributed by atoms with Crippen molar-refractivity contribution in [3.63, 3.8) is 0 Å². The van der Waals surface area contributed by atoms with Crippen LogP contribution in [0.2, 0.25) is 0 Å². The van der Waals surface area contributed by atoms with Crippen molar-refractivity contribution in [2.24, 2.45) is 0 Å². The molecule has 0 saturated heterocycles. The maximum atomic E-state index is 12.6. The Bertz CT molecular complexity index is 664. The molecule has 0 aliphatic rings. The molecule has 0 aliphatic heterocycles. The Morgan fingerprint density at radius 1 is 1.05 bits per heavy atom. The van der Waals surface area contributed by atoms with E-state index < -0.39 is 24.1 Å². The molecule has 0 saturated carbocycles. The molecule has 0 bridgehead atoms. The summed E-state index contributed by atoms with van der Waals surface area (Å²) in [6.45, 7) is 0. The molecular weight excluding hydrogens is 290 g/mol. The molecule has 106 valence electrons. The Labute approximate surface area is 107 Å². The number of nitriles is 1. The van der Waals surface area contributed by atoms with E-state index in [0.29, 0.717) is 4.40 Å². The fourth-order valence-electron chi connectivity index (χ4n) is 1.65. The lowest BCUT2D eigenvalue weighted by Gasteiger charge is -2.21. The van der Waals surface area contributed by atoms with E-state index >= 15 is 0 Å². The highest BCUT2D eigenvalue weighted by Gasteiger charge is 2.59. The Morgan fingerprint density at radius 2 is 1.65 bits per heavy atom. The van der Waals surface area contributed by atoms with Gasteiger partial charge in [-0.05, 0) is 12.1 Å². The van der Waals surface area contributed by atoms with Crippen molar-refractivity contribution in [1.29, 1.82) is 5.26 Å². The van der Waals surface area contributed by atoms with Crippen LogP contribution in [0.25, 0.3) is 5.65 Å². The van der Waals surface area contributed by atoms with Crippen LogP contribution in [0.5, 0.6) is 0 Å². The molecule has 0 fully saturated rings. The molecule has 0 amide bonds. The Morgan fingerprint density at radius 3 is 2.15 bits per heavy atom. The number of nitrogens with zero attached hydrogens (tertiary/aromatic N) is 4. The minimum Gasteiger partial charge on any atom is -0.284 e. The molecule has 0 radical (unpaired) electrons. The SMILES string of the molecule is N#Cc1ccc2nnc(C(C(F)(F)F)C(F)(F)F)n2c1. The van der Waals surface area contributed by atoms with Crippen molar-refractivity contribution in [3.8, 4) is 6.07 Å². The van der Waals surface area contributed by atoms with E-state index in [4.69, 9.17) is 5.26 Å². The quantitative estimate of drug-likeness (QED) is 0.760. The maximum absolute atomic E-state index is 12.6. The van der Waals surface area contributed by atoms with Gasteiger partial charge in [0.25, 0.3) is 0 Å². The molecule has 10 heteroatoms. The van der Waals surface area contributed by atoms with Gasteiger partial charge in [-0.25, -0.2) is 0 Å². The minimum absolute atomic E-state index is 0.110. The van der Waals surface area contributed by atoms with Crippen molar-refractivity contribution in [2.75, 3.05) is 0 Å². The molecular formula is C10H4F6N4. The van der Waals surface area contributed by atoms with Gasteiger partial charge in [-0.1, -0.05) is 0 Å². The smallest absolute Gasteiger partial charge is 0.284 e. The lowest BCUT2D eigenvalue weighted by atomic mass is 10.1. The third-order valence-electron chi connectivity index (χ3n) is 2.47. The number of aromatic nitrogens is 3. The van der Waals surface area contributed by atoms with Gasteiger partial charge in [0.1, 0.15) is 6.07 Å². The minimum atomic E-state index is -5.57. The first-order valence-corrected chi connectivity index (χ1v) is 5.03. The van der Waals surface area contributed by atoms with Crippen molar-refractivity contribution in [2.45, 2.75) is 18.3 Å². The van der Waals surface area contributed by atoms with E-state index in [1.807, 2.05) is 0 Å². The zero-order valence-corrected chi connectivity index (χ0v) is 9.37. The van der Waals surface area contributed by atoms with Crippen molar-refractivity contribution >= 4 is 5.65 Å². The number of halogens is 6. The summed E-state index contributed by atoms with van der Waals surface area (Å²) in [7, 11) is 0. The van der Waals surface area contributed by atoms with Gasteiger partial charge in [-0.15, -0.1) is 10.2 Å². The number of fused-ring (bicyclic) bond motifs is 1. The predicted molar refractivity (Wildman–Crippen MR) is 52.6 cm³/mol. The van der Waals surface area contributed by atoms with E-state index in [1.165, 1.54) is 6.07 Å². The second-order valence-corrected chi connectivity index (χ2v) is 3.83. The monoisotopic (exact) mass is 294 g/mol. The predicted octanol–water partition coefficient (Wildman–Crippen LogP) is 2.81. The molecule has 0 spiro atoms. The van der Waals surface area contributed by atoms with E-state index in [0.717, 1.165) is 12.3 Å². The molecule has 2 rings (SSSR count). The number of pyridine rings is 1. The molecule has 2 aromatic rings. The van der Waals surface area contributed by atoms with Crippen LogP contribution in [-0.2, 0) is 0 Å². The zero-order valence-electron chi connectivity index (χ0n) is 9.37. The Kier molecular flexibility index (Phi) is 3.08. The second kappa shape index (κ2) is 4.36. The summed E-state index contributed by atoms with van der Waals surface area (Å²) in [6, 6.07) is 3.94. The highest BCUT2D eigenvalue weighted by Crippen LogP contribution is 2.45. The first kappa shape index (κ1) is 14.1. The van der Waals surface area contributed by atoms with Crippen LogP contribution in [0.4, 0.5) is 26.3 Å². The summed E-state index contributed by atoms with van der Waals surface area (Å²) >= 11 is 0. The van der Waals surface area contributed by atoms with Gasteiger partial charge in [0, 0.05) is 6.20 Å². The number of hydrogen-bond acceptors (Lipinski definition) is 3. The van der Waals surface area contributed by atoms with Crippen LogP contribution in [0.15, 0.2) is 18.3 Å². The van der Waals surface area contributed by atoms with Crippen LogP contribution in [0, 0.1) is 11.3 Å². The highest BCUT2D eigenvalue weighted by atomic mass is 19.4. The average Bonchev–Trinajstić information content (AvgIpc) is 2.68. The summed E-state index contributed by atoms with van der Waals surface area (Å²) in [5.41, 5.74) is -0.320. The number of rotatable bonds is 1. The first-order valence-electron chi connectivity index (χ1n) is 5.03. The van der Waals surface area contributed by atoms with Crippen LogP contribution < -0.4 is 0 Å². The van der Waals surface area contributed by atoms with Crippen molar-refractivity contribution in [3.05, 3.63) is 29.7 Å². The third kappa shape index (κ3) is 2.38. The number of alkyl halides is 6. The molecule has 20 heavy (non-hydrogen) atoms. The van der Waals surface area contributed by atoms with E-state index in [2.05, 4.69) is 10.2 Å². The molecule has 0 aromatic carbocycles. The van der Waals surface area contributed by atoms with Gasteiger partial charge in [0.2, 0.25) is 5.92 Å². The van der Waals surface area contributed by atoms with Crippen LogP contribution >= 0.6 is 0 Å². The summed E-state index contributed by atoms with van der Waals surface area (Å²) in [6.07, 6.45) is -10.3. The standard InChI is InChI=1S/C10H4F6N4/c11-9(12,13)7(10(14,15)16)8-19-18-6-2-1-5(3-17)4-20(6)8/h1-2,4,7H. The van der Waals surface area contributed by atoms with Gasteiger partial charge < -0.3 is 0 Å².